The second-order valence-corrected chi connectivity index (χ2v) is 4.76. The lowest BCUT2D eigenvalue weighted by Gasteiger charge is -2.34. The van der Waals surface area contributed by atoms with Gasteiger partial charge in [-0.25, -0.2) is 0 Å². The molecule has 1 aliphatic rings. The maximum absolute atomic E-state index is 11.4. The molecule has 0 radical (unpaired) electrons. The summed E-state index contributed by atoms with van der Waals surface area (Å²) in [4.78, 5) is 13.6. The summed E-state index contributed by atoms with van der Waals surface area (Å²) < 4.78 is 5.69. The lowest BCUT2D eigenvalue weighted by molar-refractivity contribution is -0.160. The molecule has 0 amide bonds. The number of nitrogens with zero attached hydrogens (tertiary/aromatic N) is 1. The Hall–Kier alpha value is -1.35. The van der Waals surface area contributed by atoms with Crippen molar-refractivity contribution in [1.82, 2.24) is 4.90 Å². The Morgan fingerprint density at radius 1 is 1.41 bits per heavy atom. The Kier molecular flexibility index (Phi) is 3.20. The molecule has 1 fully saturated rings. The molecule has 0 aliphatic carbocycles. The number of hydrogen-bond donors (Lipinski definition) is 0. The van der Waals surface area contributed by atoms with E-state index in [0.717, 1.165) is 18.5 Å². The van der Waals surface area contributed by atoms with E-state index in [4.69, 9.17) is 4.74 Å². The summed E-state index contributed by atoms with van der Waals surface area (Å²) in [5.74, 6) is -0.212. The summed E-state index contributed by atoms with van der Waals surface area (Å²) in [6.07, 6.45) is 0.855. The van der Waals surface area contributed by atoms with Gasteiger partial charge in [-0.2, -0.15) is 0 Å². The predicted octanol–water partition coefficient (Wildman–Crippen LogP) is 2.17. The fourth-order valence-electron chi connectivity index (χ4n) is 2.66. The van der Waals surface area contributed by atoms with Gasteiger partial charge in [-0.3, -0.25) is 9.69 Å². The third kappa shape index (κ3) is 2.07. The number of esters is 1. The number of carbonyl (C=O) groups excluding carboxylic acids is 1. The average Bonchev–Trinajstić information content (AvgIpc) is 2.59. The van der Waals surface area contributed by atoms with Gasteiger partial charge in [-0.15, -0.1) is 0 Å². The highest BCUT2D eigenvalue weighted by atomic mass is 16.6. The molecule has 2 rings (SSSR count). The topological polar surface area (TPSA) is 29.5 Å². The van der Waals surface area contributed by atoms with E-state index in [-0.39, 0.29) is 12.0 Å². The van der Waals surface area contributed by atoms with Crippen LogP contribution in [0, 0.1) is 0 Å². The van der Waals surface area contributed by atoms with Crippen LogP contribution in [0.3, 0.4) is 0 Å². The molecule has 0 aromatic heterocycles. The highest BCUT2D eigenvalue weighted by molar-refractivity contribution is 5.67. The van der Waals surface area contributed by atoms with Crippen molar-refractivity contribution in [2.75, 3.05) is 13.6 Å². The highest BCUT2D eigenvalue weighted by Gasteiger charge is 2.47. The molecular formula is C14H19NO2. The fourth-order valence-corrected chi connectivity index (χ4v) is 2.66. The number of ether oxygens (including phenoxy) is 1. The van der Waals surface area contributed by atoms with Gasteiger partial charge in [0.2, 0.25) is 0 Å². The van der Waals surface area contributed by atoms with Gasteiger partial charge in [0.15, 0.2) is 5.60 Å². The SMILES string of the molecule is CC(=O)OC1(c2ccccc2)CCN(C)C1C. The lowest BCUT2D eigenvalue weighted by atomic mass is 9.87. The van der Waals surface area contributed by atoms with E-state index in [1.807, 2.05) is 30.3 Å². The largest absolute Gasteiger partial charge is 0.453 e. The van der Waals surface area contributed by atoms with E-state index in [2.05, 4.69) is 18.9 Å². The molecule has 2 unspecified atom stereocenters. The Morgan fingerprint density at radius 3 is 2.53 bits per heavy atom. The number of rotatable bonds is 2. The maximum Gasteiger partial charge on any atom is 0.303 e. The fraction of sp³-hybridized carbons (Fsp3) is 0.500. The zero-order valence-electron chi connectivity index (χ0n) is 10.6. The summed E-state index contributed by atoms with van der Waals surface area (Å²) in [6.45, 7) is 4.54. The van der Waals surface area contributed by atoms with E-state index in [1.54, 1.807) is 0 Å². The van der Waals surface area contributed by atoms with Crippen LogP contribution < -0.4 is 0 Å². The smallest absolute Gasteiger partial charge is 0.303 e. The predicted molar refractivity (Wildman–Crippen MR) is 66.6 cm³/mol. The summed E-state index contributed by atoms with van der Waals surface area (Å²) in [5.41, 5.74) is 0.606. The van der Waals surface area contributed by atoms with Crippen LogP contribution in [-0.2, 0) is 15.1 Å². The number of carbonyl (C=O) groups is 1. The first-order chi connectivity index (χ1) is 8.06. The minimum absolute atomic E-state index is 0.203. The molecule has 0 saturated carbocycles. The van der Waals surface area contributed by atoms with Crippen molar-refractivity contribution < 1.29 is 9.53 Å². The number of benzene rings is 1. The van der Waals surface area contributed by atoms with Crippen molar-refractivity contribution in [3.63, 3.8) is 0 Å². The molecule has 1 aromatic carbocycles. The van der Waals surface area contributed by atoms with Gasteiger partial charge in [0.1, 0.15) is 0 Å². The Morgan fingerprint density at radius 2 is 2.06 bits per heavy atom. The normalized spacial score (nSPS) is 29.2. The maximum atomic E-state index is 11.4. The van der Waals surface area contributed by atoms with Gasteiger partial charge in [-0.1, -0.05) is 30.3 Å². The van der Waals surface area contributed by atoms with Crippen LogP contribution in [0.15, 0.2) is 30.3 Å². The summed E-state index contributed by atoms with van der Waals surface area (Å²) >= 11 is 0. The van der Waals surface area contributed by atoms with Gasteiger partial charge in [0.05, 0.1) is 6.04 Å². The van der Waals surface area contributed by atoms with Crippen LogP contribution in [0.4, 0.5) is 0 Å². The first-order valence-corrected chi connectivity index (χ1v) is 6.01. The Labute approximate surface area is 102 Å². The summed E-state index contributed by atoms with van der Waals surface area (Å²) in [7, 11) is 2.07. The molecule has 0 bridgehead atoms. The van der Waals surface area contributed by atoms with Crippen LogP contribution >= 0.6 is 0 Å². The van der Waals surface area contributed by atoms with Gasteiger partial charge in [0, 0.05) is 19.9 Å². The Bertz CT molecular complexity index is 404. The lowest BCUT2D eigenvalue weighted by Crippen LogP contribution is -2.42. The molecule has 2 atom stereocenters. The molecule has 1 aliphatic heterocycles. The van der Waals surface area contributed by atoms with Crippen molar-refractivity contribution >= 4 is 5.97 Å². The van der Waals surface area contributed by atoms with E-state index in [9.17, 15) is 4.79 Å². The van der Waals surface area contributed by atoms with Crippen molar-refractivity contribution in [2.45, 2.75) is 31.9 Å². The van der Waals surface area contributed by atoms with Crippen molar-refractivity contribution in [1.29, 1.82) is 0 Å². The number of likely N-dealkylation sites (N-methyl/N-ethyl adjacent to an activating group) is 1. The third-order valence-corrected chi connectivity index (χ3v) is 3.76. The van der Waals surface area contributed by atoms with Crippen LogP contribution in [0.25, 0.3) is 0 Å². The molecule has 3 nitrogen and oxygen atoms in total. The van der Waals surface area contributed by atoms with E-state index in [1.165, 1.54) is 6.92 Å². The van der Waals surface area contributed by atoms with Crippen LogP contribution in [0.1, 0.15) is 25.8 Å². The van der Waals surface area contributed by atoms with Gasteiger partial charge < -0.3 is 4.74 Å². The molecule has 0 N–H and O–H groups in total. The minimum Gasteiger partial charge on any atom is -0.453 e. The second-order valence-electron chi connectivity index (χ2n) is 4.76. The van der Waals surface area contributed by atoms with Crippen molar-refractivity contribution in [3.8, 4) is 0 Å². The second kappa shape index (κ2) is 4.49. The number of likely N-dealkylation sites (tertiary alicyclic amines) is 1. The standard InChI is InChI=1S/C14H19NO2/c1-11-14(17-12(2)16,9-10-15(11)3)13-7-5-4-6-8-13/h4-8,11H,9-10H2,1-3H3. The van der Waals surface area contributed by atoms with Crippen LogP contribution in [0.2, 0.25) is 0 Å². The van der Waals surface area contributed by atoms with Gasteiger partial charge in [-0.05, 0) is 19.5 Å². The van der Waals surface area contributed by atoms with Gasteiger partial charge in [0.25, 0.3) is 0 Å². The molecular weight excluding hydrogens is 214 g/mol. The van der Waals surface area contributed by atoms with Crippen molar-refractivity contribution in [2.24, 2.45) is 0 Å². The zero-order chi connectivity index (χ0) is 12.5. The first-order valence-electron chi connectivity index (χ1n) is 6.01. The van der Waals surface area contributed by atoms with Crippen molar-refractivity contribution in [3.05, 3.63) is 35.9 Å². The minimum atomic E-state index is -0.484. The summed E-state index contributed by atoms with van der Waals surface area (Å²) in [6, 6.07) is 10.2. The highest BCUT2D eigenvalue weighted by Crippen LogP contribution is 2.40. The van der Waals surface area contributed by atoms with E-state index in [0.29, 0.717) is 0 Å². The summed E-state index contributed by atoms with van der Waals surface area (Å²) in [5, 5.41) is 0. The molecule has 92 valence electrons. The third-order valence-electron chi connectivity index (χ3n) is 3.76. The average molecular weight is 233 g/mol. The molecule has 17 heavy (non-hydrogen) atoms. The number of hydrogen-bond acceptors (Lipinski definition) is 3. The zero-order valence-corrected chi connectivity index (χ0v) is 10.6. The first kappa shape index (κ1) is 12.1. The van der Waals surface area contributed by atoms with Crippen LogP contribution in [-0.4, -0.2) is 30.5 Å². The molecule has 3 heteroatoms. The van der Waals surface area contributed by atoms with Crippen LogP contribution in [0.5, 0.6) is 0 Å². The Balaban J connectivity index is 2.41. The molecule has 1 aromatic rings. The van der Waals surface area contributed by atoms with E-state index < -0.39 is 5.60 Å². The molecule has 1 heterocycles. The quantitative estimate of drug-likeness (QED) is 0.733. The molecule has 0 spiro atoms. The monoisotopic (exact) mass is 233 g/mol. The van der Waals surface area contributed by atoms with Gasteiger partial charge >= 0.3 is 5.97 Å². The molecule has 1 saturated heterocycles. The van der Waals surface area contributed by atoms with E-state index >= 15 is 0 Å².